The van der Waals surface area contributed by atoms with Gasteiger partial charge in [0.2, 0.25) is 0 Å². The summed E-state index contributed by atoms with van der Waals surface area (Å²) in [5, 5.41) is 11.7. The first-order valence-corrected chi connectivity index (χ1v) is 7.27. The van der Waals surface area contributed by atoms with E-state index in [9.17, 15) is 5.11 Å². The third-order valence-corrected chi connectivity index (χ3v) is 3.98. The van der Waals surface area contributed by atoms with Crippen molar-refractivity contribution in [2.45, 2.75) is 6.10 Å². The van der Waals surface area contributed by atoms with Crippen LogP contribution in [-0.2, 0) is 0 Å². The van der Waals surface area contributed by atoms with Crippen molar-refractivity contribution in [1.29, 1.82) is 0 Å². The lowest BCUT2D eigenvalue weighted by Crippen LogP contribution is -2.00. The minimum Gasteiger partial charge on any atom is -0.384 e. The quantitative estimate of drug-likeness (QED) is 0.695. The van der Waals surface area contributed by atoms with Gasteiger partial charge in [-0.15, -0.1) is 0 Å². The molecule has 0 saturated heterocycles. The number of H-pyrrole nitrogens is 1. The van der Waals surface area contributed by atoms with Gasteiger partial charge < -0.3 is 10.1 Å². The maximum Gasteiger partial charge on any atom is 0.108 e. The SMILES string of the molecule is O[C@@H](c1ccc(Cl)cc1Cl)c1c[nH]cc1-c1ccccc1. The minimum absolute atomic E-state index is 0.454. The summed E-state index contributed by atoms with van der Waals surface area (Å²) in [6.07, 6.45) is 2.85. The van der Waals surface area contributed by atoms with Gasteiger partial charge in [-0.05, 0) is 17.7 Å². The lowest BCUT2D eigenvalue weighted by atomic mass is 9.97. The van der Waals surface area contributed by atoms with E-state index in [4.69, 9.17) is 23.2 Å². The molecular formula is C17H13Cl2NO. The number of aromatic nitrogens is 1. The molecule has 0 fully saturated rings. The van der Waals surface area contributed by atoms with Crippen LogP contribution >= 0.6 is 23.2 Å². The van der Waals surface area contributed by atoms with Gasteiger partial charge in [0.25, 0.3) is 0 Å². The number of halogens is 2. The van der Waals surface area contributed by atoms with Gasteiger partial charge in [0.05, 0.1) is 0 Å². The molecule has 1 atom stereocenters. The molecule has 0 bridgehead atoms. The second kappa shape index (κ2) is 5.94. The van der Waals surface area contributed by atoms with Crippen LogP contribution in [0.1, 0.15) is 17.2 Å². The van der Waals surface area contributed by atoms with Crippen molar-refractivity contribution >= 4 is 23.2 Å². The second-order valence-corrected chi connectivity index (χ2v) is 5.60. The first-order valence-electron chi connectivity index (χ1n) is 6.52. The average molecular weight is 318 g/mol. The van der Waals surface area contributed by atoms with Crippen molar-refractivity contribution in [2.24, 2.45) is 0 Å². The van der Waals surface area contributed by atoms with Crippen LogP contribution in [0.3, 0.4) is 0 Å². The fourth-order valence-electron chi connectivity index (χ4n) is 2.36. The van der Waals surface area contributed by atoms with Crippen molar-refractivity contribution in [2.75, 3.05) is 0 Å². The van der Waals surface area contributed by atoms with Gasteiger partial charge >= 0.3 is 0 Å². The third kappa shape index (κ3) is 2.84. The molecular weight excluding hydrogens is 305 g/mol. The second-order valence-electron chi connectivity index (χ2n) is 4.76. The van der Waals surface area contributed by atoms with E-state index in [1.165, 1.54) is 0 Å². The summed E-state index contributed by atoms with van der Waals surface area (Å²) in [5.74, 6) is 0. The molecule has 21 heavy (non-hydrogen) atoms. The first-order chi connectivity index (χ1) is 10.2. The van der Waals surface area contributed by atoms with E-state index in [1.54, 1.807) is 24.4 Å². The zero-order valence-electron chi connectivity index (χ0n) is 11.1. The van der Waals surface area contributed by atoms with Crippen LogP contribution in [0.25, 0.3) is 11.1 Å². The summed E-state index contributed by atoms with van der Waals surface area (Å²) < 4.78 is 0. The van der Waals surface area contributed by atoms with Gasteiger partial charge in [0.1, 0.15) is 6.10 Å². The van der Waals surface area contributed by atoms with E-state index >= 15 is 0 Å². The summed E-state index contributed by atoms with van der Waals surface area (Å²) in [6.45, 7) is 0. The first kappa shape index (κ1) is 14.2. The normalized spacial score (nSPS) is 12.3. The van der Waals surface area contributed by atoms with Crippen LogP contribution in [0.5, 0.6) is 0 Å². The fourth-order valence-corrected chi connectivity index (χ4v) is 2.87. The van der Waals surface area contributed by atoms with Crippen LogP contribution in [0.4, 0.5) is 0 Å². The molecule has 2 N–H and O–H groups in total. The Bertz CT molecular complexity index is 752. The molecule has 0 aliphatic heterocycles. The summed E-state index contributed by atoms with van der Waals surface area (Å²) in [7, 11) is 0. The van der Waals surface area contributed by atoms with Gasteiger partial charge in [-0.3, -0.25) is 0 Å². The molecule has 0 aliphatic rings. The number of aromatic amines is 1. The van der Waals surface area contributed by atoms with Gasteiger partial charge in [0.15, 0.2) is 0 Å². The molecule has 0 amide bonds. The zero-order chi connectivity index (χ0) is 14.8. The molecule has 0 unspecified atom stereocenters. The molecule has 2 nitrogen and oxygen atoms in total. The van der Waals surface area contributed by atoms with Crippen molar-refractivity contribution in [3.8, 4) is 11.1 Å². The van der Waals surface area contributed by atoms with Crippen LogP contribution in [0.2, 0.25) is 10.0 Å². The number of nitrogens with one attached hydrogen (secondary N) is 1. The van der Waals surface area contributed by atoms with Crippen molar-refractivity contribution in [3.63, 3.8) is 0 Å². The van der Waals surface area contributed by atoms with Crippen molar-refractivity contribution in [1.82, 2.24) is 4.98 Å². The average Bonchev–Trinajstić information content (AvgIpc) is 2.97. The Kier molecular flexibility index (Phi) is 4.02. The van der Waals surface area contributed by atoms with E-state index < -0.39 is 6.10 Å². The number of benzene rings is 2. The van der Waals surface area contributed by atoms with Gasteiger partial charge in [-0.2, -0.15) is 0 Å². The molecule has 0 spiro atoms. The molecule has 2 aromatic carbocycles. The highest BCUT2D eigenvalue weighted by Crippen LogP contribution is 2.35. The van der Waals surface area contributed by atoms with Crippen LogP contribution < -0.4 is 0 Å². The van der Waals surface area contributed by atoms with E-state index in [2.05, 4.69) is 4.98 Å². The standard InChI is InChI=1S/C17H13Cl2NO/c18-12-6-7-13(16(19)8-12)17(21)15-10-20-9-14(15)11-4-2-1-3-5-11/h1-10,17,20-21H/t17-/m0/s1. The number of hydrogen-bond donors (Lipinski definition) is 2. The molecule has 3 rings (SSSR count). The highest BCUT2D eigenvalue weighted by Gasteiger charge is 2.19. The zero-order valence-corrected chi connectivity index (χ0v) is 12.6. The molecule has 1 aromatic heterocycles. The molecule has 0 radical (unpaired) electrons. The highest BCUT2D eigenvalue weighted by molar-refractivity contribution is 6.35. The molecule has 0 aliphatic carbocycles. The molecule has 0 saturated carbocycles. The predicted octanol–water partition coefficient (Wildman–Crippen LogP) is 5.07. The maximum atomic E-state index is 10.6. The van der Waals surface area contributed by atoms with Gasteiger partial charge in [-0.25, -0.2) is 0 Å². The Labute approximate surface area is 133 Å². The van der Waals surface area contributed by atoms with Gasteiger partial charge in [-0.1, -0.05) is 59.6 Å². The van der Waals surface area contributed by atoms with Crippen molar-refractivity contribution in [3.05, 3.63) is 82.1 Å². The largest absolute Gasteiger partial charge is 0.384 e. The van der Waals surface area contributed by atoms with Crippen LogP contribution in [0, 0.1) is 0 Å². The molecule has 3 aromatic rings. The molecule has 4 heteroatoms. The summed E-state index contributed by atoms with van der Waals surface area (Å²) in [6, 6.07) is 15.0. The van der Waals surface area contributed by atoms with Crippen molar-refractivity contribution < 1.29 is 5.11 Å². The minimum atomic E-state index is -0.809. The number of hydrogen-bond acceptors (Lipinski definition) is 1. The Morgan fingerprint density at radius 2 is 1.67 bits per heavy atom. The Morgan fingerprint density at radius 3 is 2.38 bits per heavy atom. The van der Waals surface area contributed by atoms with E-state index in [0.717, 1.165) is 16.7 Å². The summed E-state index contributed by atoms with van der Waals surface area (Å²) in [5.41, 5.74) is 3.41. The number of aliphatic hydroxyl groups excluding tert-OH is 1. The topological polar surface area (TPSA) is 36.0 Å². The van der Waals surface area contributed by atoms with Crippen LogP contribution in [0.15, 0.2) is 60.9 Å². The highest BCUT2D eigenvalue weighted by atomic mass is 35.5. The van der Waals surface area contributed by atoms with E-state index in [1.807, 2.05) is 36.5 Å². The monoisotopic (exact) mass is 317 g/mol. The molecule has 106 valence electrons. The molecule has 1 heterocycles. The number of aliphatic hydroxyl groups is 1. The fraction of sp³-hybridized carbons (Fsp3) is 0.0588. The maximum absolute atomic E-state index is 10.6. The summed E-state index contributed by atoms with van der Waals surface area (Å²) in [4.78, 5) is 3.05. The Morgan fingerprint density at radius 1 is 0.905 bits per heavy atom. The van der Waals surface area contributed by atoms with Gasteiger partial charge in [0, 0.05) is 39.1 Å². The predicted molar refractivity (Wildman–Crippen MR) is 86.8 cm³/mol. The number of rotatable bonds is 3. The Hall–Kier alpha value is -1.74. The van der Waals surface area contributed by atoms with E-state index in [-0.39, 0.29) is 0 Å². The lowest BCUT2D eigenvalue weighted by Gasteiger charge is -2.14. The smallest absolute Gasteiger partial charge is 0.108 e. The summed E-state index contributed by atoms with van der Waals surface area (Å²) >= 11 is 12.1. The lowest BCUT2D eigenvalue weighted by molar-refractivity contribution is 0.221. The van der Waals surface area contributed by atoms with Crippen LogP contribution in [-0.4, -0.2) is 10.1 Å². The Balaban J connectivity index is 2.03. The third-order valence-electron chi connectivity index (χ3n) is 3.41. The van der Waals surface area contributed by atoms with E-state index in [0.29, 0.717) is 15.6 Å².